The number of sulfonamides is 1. The molecule has 1 aliphatic heterocycles. The number of aromatic nitrogens is 2. The van der Waals surface area contributed by atoms with Gasteiger partial charge in [0.1, 0.15) is 4.90 Å². The molecule has 0 unspecified atom stereocenters. The number of nitrogens with zero attached hydrogens (tertiary/aromatic N) is 4. The van der Waals surface area contributed by atoms with E-state index in [0.717, 1.165) is 26.2 Å². The minimum Gasteiger partial charge on any atom is -0.308 e. The maximum Gasteiger partial charge on any atom is 0.246 e. The predicted octanol–water partition coefficient (Wildman–Crippen LogP) is -0.722. The first-order valence-electron chi connectivity index (χ1n) is 6.36. The van der Waals surface area contributed by atoms with E-state index in [-0.39, 0.29) is 4.90 Å². The molecule has 2 rings (SSSR count). The van der Waals surface area contributed by atoms with E-state index in [0.29, 0.717) is 13.1 Å². The van der Waals surface area contributed by atoms with Crippen LogP contribution in [0, 0.1) is 0 Å². The molecule has 0 aromatic carbocycles. The molecule has 0 radical (unpaired) electrons. The first kappa shape index (κ1) is 14.4. The third kappa shape index (κ3) is 3.53. The topological polar surface area (TPSA) is 72.5 Å². The molecule has 0 atom stereocenters. The second-order valence-corrected chi connectivity index (χ2v) is 6.92. The first-order valence-corrected chi connectivity index (χ1v) is 7.80. The molecule has 1 saturated heterocycles. The highest BCUT2D eigenvalue weighted by molar-refractivity contribution is 7.89. The summed E-state index contributed by atoms with van der Waals surface area (Å²) in [6.07, 6.45) is 2.78. The summed E-state index contributed by atoms with van der Waals surface area (Å²) >= 11 is 0. The lowest BCUT2D eigenvalue weighted by Crippen LogP contribution is -2.49. The zero-order valence-electron chi connectivity index (χ0n) is 11.4. The van der Waals surface area contributed by atoms with Crippen molar-refractivity contribution in [1.29, 1.82) is 0 Å². The van der Waals surface area contributed by atoms with Crippen molar-refractivity contribution in [2.24, 2.45) is 0 Å². The van der Waals surface area contributed by atoms with Crippen LogP contribution in [-0.4, -0.2) is 86.1 Å². The van der Waals surface area contributed by atoms with Gasteiger partial charge in [-0.25, -0.2) is 8.42 Å². The van der Waals surface area contributed by atoms with Crippen LogP contribution in [0.1, 0.15) is 0 Å². The molecule has 1 fully saturated rings. The number of aromatic amines is 1. The first-order chi connectivity index (χ1) is 9.00. The highest BCUT2D eigenvalue weighted by atomic mass is 32.2. The molecular weight excluding hydrogens is 266 g/mol. The van der Waals surface area contributed by atoms with E-state index in [2.05, 4.69) is 20.0 Å². The quantitative estimate of drug-likeness (QED) is 0.773. The van der Waals surface area contributed by atoms with E-state index >= 15 is 0 Å². The number of nitrogens with one attached hydrogen (secondary N) is 1. The summed E-state index contributed by atoms with van der Waals surface area (Å²) in [5.74, 6) is 0. The molecule has 1 aromatic heterocycles. The van der Waals surface area contributed by atoms with E-state index in [1.807, 2.05) is 14.1 Å². The molecule has 2 heterocycles. The average molecular weight is 287 g/mol. The summed E-state index contributed by atoms with van der Waals surface area (Å²) in [6.45, 7) is 4.62. The smallest absolute Gasteiger partial charge is 0.246 e. The van der Waals surface area contributed by atoms with Gasteiger partial charge in [-0.15, -0.1) is 0 Å². The fourth-order valence-corrected chi connectivity index (χ4v) is 3.39. The van der Waals surface area contributed by atoms with E-state index in [1.165, 1.54) is 16.7 Å². The lowest BCUT2D eigenvalue weighted by Gasteiger charge is -2.34. The van der Waals surface area contributed by atoms with Gasteiger partial charge >= 0.3 is 0 Å². The lowest BCUT2D eigenvalue weighted by atomic mass is 10.3. The second-order valence-electron chi connectivity index (χ2n) is 4.98. The standard InChI is InChI=1S/C11H21N5O2S/c1-14(2)3-4-15-5-7-16(8-6-15)19(17,18)11-9-12-13-10-11/h9-10H,3-8H2,1-2H3,(H,12,13). The predicted molar refractivity (Wildman–Crippen MR) is 72.3 cm³/mol. The normalized spacial score (nSPS) is 19.1. The maximum atomic E-state index is 12.3. The molecule has 7 nitrogen and oxygen atoms in total. The van der Waals surface area contributed by atoms with Gasteiger partial charge in [0.15, 0.2) is 0 Å². The van der Waals surface area contributed by atoms with Crippen molar-refractivity contribution in [2.75, 3.05) is 53.4 Å². The zero-order chi connectivity index (χ0) is 13.9. The number of piperazine rings is 1. The summed E-state index contributed by atoms with van der Waals surface area (Å²) in [4.78, 5) is 4.67. The Bertz CT molecular complexity index is 477. The van der Waals surface area contributed by atoms with Crippen molar-refractivity contribution < 1.29 is 8.42 Å². The largest absolute Gasteiger partial charge is 0.308 e. The lowest BCUT2D eigenvalue weighted by molar-refractivity contribution is 0.174. The third-order valence-corrected chi connectivity index (χ3v) is 5.17. The van der Waals surface area contributed by atoms with Gasteiger partial charge in [0.2, 0.25) is 10.0 Å². The molecule has 8 heteroatoms. The molecule has 0 aliphatic carbocycles. The van der Waals surface area contributed by atoms with Gasteiger partial charge in [0.05, 0.1) is 6.20 Å². The van der Waals surface area contributed by atoms with Crippen molar-refractivity contribution >= 4 is 10.0 Å². The van der Waals surface area contributed by atoms with Crippen molar-refractivity contribution in [3.8, 4) is 0 Å². The van der Waals surface area contributed by atoms with Gasteiger partial charge in [0, 0.05) is 45.5 Å². The van der Waals surface area contributed by atoms with E-state index in [9.17, 15) is 8.42 Å². The molecule has 1 aliphatic rings. The molecule has 0 saturated carbocycles. The van der Waals surface area contributed by atoms with E-state index in [1.54, 1.807) is 0 Å². The number of H-pyrrole nitrogens is 1. The highest BCUT2D eigenvalue weighted by Crippen LogP contribution is 2.15. The van der Waals surface area contributed by atoms with Crippen LogP contribution in [0.15, 0.2) is 17.3 Å². The summed E-state index contributed by atoms with van der Waals surface area (Å²) in [7, 11) is 0.712. The molecule has 1 aromatic rings. The van der Waals surface area contributed by atoms with Gasteiger partial charge in [-0.05, 0) is 14.1 Å². The van der Waals surface area contributed by atoms with E-state index in [4.69, 9.17) is 0 Å². The molecule has 19 heavy (non-hydrogen) atoms. The Balaban J connectivity index is 1.90. The Labute approximate surface area is 114 Å². The van der Waals surface area contributed by atoms with Gasteiger partial charge < -0.3 is 4.90 Å². The molecule has 0 spiro atoms. The SMILES string of the molecule is CN(C)CCN1CCN(S(=O)(=O)c2cn[nH]c2)CC1. The van der Waals surface area contributed by atoms with Crippen LogP contribution in [-0.2, 0) is 10.0 Å². The van der Waals surface area contributed by atoms with Crippen molar-refractivity contribution in [1.82, 2.24) is 24.3 Å². The maximum absolute atomic E-state index is 12.3. The second kappa shape index (κ2) is 6.00. The van der Waals surface area contributed by atoms with Crippen LogP contribution >= 0.6 is 0 Å². The van der Waals surface area contributed by atoms with Gasteiger partial charge in [-0.3, -0.25) is 10.00 Å². The fourth-order valence-electron chi connectivity index (χ4n) is 2.06. The summed E-state index contributed by atoms with van der Waals surface area (Å²) in [5, 5.41) is 6.25. The number of likely N-dealkylation sites (N-methyl/N-ethyl adjacent to an activating group) is 1. The monoisotopic (exact) mass is 287 g/mol. The number of rotatable bonds is 5. The molecule has 0 amide bonds. The van der Waals surface area contributed by atoms with Crippen LogP contribution in [0.25, 0.3) is 0 Å². The van der Waals surface area contributed by atoms with Crippen LogP contribution in [0.3, 0.4) is 0 Å². The minimum absolute atomic E-state index is 0.245. The Morgan fingerprint density at radius 2 is 2.00 bits per heavy atom. The van der Waals surface area contributed by atoms with Crippen molar-refractivity contribution in [3.05, 3.63) is 12.4 Å². The van der Waals surface area contributed by atoms with Crippen LogP contribution in [0.5, 0.6) is 0 Å². The van der Waals surface area contributed by atoms with E-state index < -0.39 is 10.0 Å². The Kier molecular flexibility index (Phi) is 4.56. The van der Waals surface area contributed by atoms with Gasteiger partial charge in [-0.2, -0.15) is 9.40 Å². The summed E-state index contributed by atoms with van der Waals surface area (Å²) < 4.78 is 26.1. The molecule has 0 bridgehead atoms. The summed E-state index contributed by atoms with van der Waals surface area (Å²) in [6, 6.07) is 0. The Morgan fingerprint density at radius 1 is 1.32 bits per heavy atom. The van der Waals surface area contributed by atoms with Crippen molar-refractivity contribution in [3.63, 3.8) is 0 Å². The Hall–Kier alpha value is -0.960. The molecule has 108 valence electrons. The van der Waals surface area contributed by atoms with Crippen LogP contribution in [0.2, 0.25) is 0 Å². The molecular formula is C11H21N5O2S. The minimum atomic E-state index is -3.37. The number of hydrogen-bond donors (Lipinski definition) is 1. The van der Waals surface area contributed by atoms with Crippen molar-refractivity contribution in [2.45, 2.75) is 4.90 Å². The fraction of sp³-hybridized carbons (Fsp3) is 0.727. The summed E-state index contributed by atoms with van der Waals surface area (Å²) in [5.41, 5.74) is 0. The van der Waals surface area contributed by atoms with Gasteiger partial charge in [-0.1, -0.05) is 0 Å². The molecule has 1 N–H and O–H groups in total. The van der Waals surface area contributed by atoms with Gasteiger partial charge in [0.25, 0.3) is 0 Å². The zero-order valence-corrected chi connectivity index (χ0v) is 12.2. The number of hydrogen-bond acceptors (Lipinski definition) is 5. The average Bonchev–Trinajstić information content (AvgIpc) is 2.91. The van der Waals surface area contributed by atoms with Crippen LogP contribution < -0.4 is 0 Å². The van der Waals surface area contributed by atoms with Crippen LogP contribution in [0.4, 0.5) is 0 Å². The third-order valence-electron chi connectivity index (χ3n) is 3.31. The Morgan fingerprint density at radius 3 is 2.53 bits per heavy atom. The highest BCUT2D eigenvalue weighted by Gasteiger charge is 2.28.